The smallest absolute Gasteiger partial charge is 0.213 e. The number of nitro groups is 1. The number of nitrogens with one attached hydrogen (secondary N) is 1. The lowest BCUT2D eigenvalue weighted by Gasteiger charge is -2.22. The fourth-order valence-electron chi connectivity index (χ4n) is 1.55. The molecule has 68 valence electrons. The van der Waals surface area contributed by atoms with Crippen LogP contribution in [0.15, 0.2) is 0 Å². The quantitative estimate of drug-likeness (QED) is 0.378. The number of hydrogen-bond donors (Lipinski definition) is 1. The number of rotatable bonds is 3. The first-order valence-electron chi connectivity index (χ1n) is 4.07. The summed E-state index contributed by atoms with van der Waals surface area (Å²) in [6, 6.07) is -0.242. The second-order valence-electron chi connectivity index (χ2n) is 3.08. The lowest BCUT2D eigenvalue weighted by Crippen LogP contribution is -2.36. The highest BCUT2D eigenvalue weighted by Gasteiger charge is 2.27. The summed E-state index contributed by atoms with van der Waals surface area (Å²) in [5.41, 5.74) is 0. The largest absolute Gasteiger partial charge is 0.356 e. The van der Waals surface area contributed by atoms with Gasteiger partial charge in [-0.3, -0.25) is 14.9 Å². The number of nitrogens with zero attached hydrogens (tertiary/aromatic N) is 1. The van der Waals surface area contributed by atoms with Gasteiger partial charge < -0.3 is 5.32 Å². The molecule has 0 unspecified atom stereocenters. The molecule has 1 fully saturated rings. The van der Waals surface area contributed by atoms with Crippen molar-refractivity contribution in [2.24, 2.45) is 0 Å². The minimum atomic E-state index is -0.394. The van der Waals surface area contributed by atoms with Crippen molar-refractivity contribution < 1.29 is 9.72 Å². The van der Waals surface area contributed by atoms with E-state index in [4.69, 9.17) is 0 Å². The molecule has 1 aliphatic carbocycles. The summed E-state index contributed by atoms with van der Waals surface area (Å²) in [5, 5.41) is 13.0. The Bertz CT molecular complexity index is 175. The standard InChI is InChI=1S/C7H12N2O3/c10-5-8-6-1-3-7(4-2-6)9(11)12/h5-7H,1-4H2,(H,8,10). The summed E-state index contributed by atoms with van der Waals surface area (Å²) in [7, 11) is 0. The monoisotopic (exact) mass is 172 g/mol. The van der Waals surface area contributed by atoms with E-state index in [-0.39, 0.29) is 11.0 Å². The van der Waals surface area contributed by atoms with Crippen LogP contribution in [0.3, 0.4) is 0 Å². The Kier molecular flexibility index (Phi) is 3.01. The van der Waals surface area contributed by atoms with E-state index >= 15 is 0 Å². The number of amides is 1. The molecule has 12 heavy (non-hydrogen) atoms. The third kappa shape index (κ3) is 2.18. The molecule has 1 rings (SSSR count). The molecule has 1 saturated carbocycles. The van der Waals surface area contributed by atoms with E-state index < -0.39 is 6.04 Å². The van der Waals surface area contributed by atoms with E-state index in [9.17, 15) is 14.9 Å². The SMILES string of the molecule is O=CNC1CCC([N+](=O)[O-])CC1. The highest BCUT2D eigenvalue weighted by molar-refractivity contribution is 5.46. The topological polar surface area (TPSA) is 72.2 Å². The van der Waals surface area contributed by atoms with Gasteiger partial charge in [-0.05, 0) is 12.8 Å². The molecule has 1 N–H and O–H groups in total. The fourth-order valence-corrected chi connectivity index (χ4v) is 1.55. The zero-order chi connectivity index (χ0) is 8.97. The van der Waals surface area contributed by atoms with Crippen LogP contribution in [0.1, 0.15) is 25.7 Å². The zero-order valence-electron chi connectivity index (χ0n) is 6.73. The minimum Gasteiger partial charge on any atom is -0.356 e. The Morgan fingerprint density at radius 2 is 1.92 bits per heavy atom. The van der Waals surface area contributed by atoms with Gasteiger partial charge in [-0.2, -0.15) is 0 Å². The highest BCUT2D eigenvalue weighted by Crippen LogP contribution is 2.19. The van der Waals surface area contributed by atoms with Crippen molar-refractivity contribution in [3.05, 3.63) is 10.1 Å². The first kappa shape index (κ1) is 8.96. The van der Waals surface area contributed by atoms with Gasteiger partial charge in [0.15, 0.2) is 0 Å². The van der Waals surface area contributed by atoms with Gasteiger partial charge in [0, 0.05) is 23.8 Å². The average molecular weight is 172 g/mol. The van der Waals surface area contributed by atoms with Crippen molar-refractivity contribution >= 4 is 6.41 Å². The summed E-state index contributed by atoms with van der Waals surface area (Å²) in [4.78, 5) is 20.2. The molecule has 0 aliphatic heterocycles. The van der Waals surface area contributed by atoms with Gasteiger partial charge in [0.25, 0.3) is 0 Å². The van der Waals surface area contributed by atoms with E-state index in [1.165, 1.54) is 0 Å². The maximum Gasteiger partial charge on any atom is 0.213 e. The van der Waals surface area contributed by atoms with Gasteiger partial charge in [0.2, 0.25) is 12.5 Å². The maximum absolute atomic E-state index is 10.3. The molecule has 0 bridgehead atoms. The second kappa shape index (κ2) is 4.04. The molecular weight excluding hydrogens is 160 g/mol. The van der Waals surface area contributed by atoms with Crippen LogP contribution in [-0.2, 0) is 4.79 Å². The third-order valence-electron chi connectivity index (χ3n) is 2.30. The summed E-state index contributed by atoms with van der Waals surface area (Å²) in [6.07, 6.45) is 3.28. The lowest BCUT2D eigenvalue weighted by atomic mass is 9.92. The van der Waals surface area contributed by atoms with Crippen molar-refractivity contribution in [3.8, 4) is 0 Å². The maximum atomic E-state index is 10.3. The normalized spacial score (nSPS) is 29.3. The van der Waals surface area contributed by atoms with Crippen molar-refractivity contribution in [3.63, 3.8) is 0 Å². The van der Waals surface area contributed by atoms with Crippen molar-refractivity contribution in [1.82, 2.24) is 5.32 Å². The van der Waals surface area contributed by atoms with Gasteiger partial charge in [-0.1, -0.05) is 0 Å². The first-order valence-corrected chi connectivity index (χ1v) is 4.07. The summed E-state index contributed by atoms with van der Waals surface area (Å²) >= 11 is 0. The minimum absolute atomic E-state index is 0.152. The van der Waals surface area contributed by atoms with Crippen LogP contribution in [0.2, 0.25) is 0 Å². The molecule has 1 amide bonds. The van der Waals surface area contributed by atoms with Crippen LogP contribution in [0.5, 0.6) is 0 Å². The van der Waals surface area contributed by atoms with E-state index in [2.05, 4.69) is 5.32 Å². The second-order valence-corrected chi connectivity index (χ2v) is 3.08. The Labute approximate surface area is 70.3 Å². The Morgan fingerprint density at radius 1 is 1.33 bits per heavy atom. The van der Waals surface area contributed by atoms with Crippen molar-refractivity contribution in [2.45, 2.75) is 37.8 Å². The molecule has 5 heteroatoms. The van der Waals surface area contributed by atoms with E-state index in [1.54, 1.807) is 0 Å². The van der Waals surface area contributed by atoms with Gasteiger partial charge in [-0.25, -0.2) is 0 Å². The average Bonchev–Trinajstić information content (AvgIpc) is 2.06. The van der Waals surface area contributed by atoms with Crippen LogP contribution in [0, 0.1) is 10.1 Å². The molecule has 1 aliphatic rings. The molecular formula is C7H12N2O3. The molecule has 0 radical (unpaired) electrons. The van der Waals surface area contributed by atoms with Crippen molar-refractivity contribution in [1.29, 1.82) is 0 Å². The van der Waals surface area contributed by atoms with E-state index in [0.717, 1.165) is 12.8 Å². The predicted molar refractivity (Wildman–Crippen MR) is 42.2 cm³/mol. The van der Waals surface area contributed by atoms with Crippen LogP contribution >= 0.6 is 0 Å². The Hall–Kier alpha value is -1.13. The first-order chi connectivity index (χ1) is 5.74. The number of hydrogen-bond acceptors (Lipinski definition) is 3. The molecule has 0 aromatic rings. The summed E-state index contributed by atoms with van der Waals surface area (Å²) in [5.74, 6) is 0. The van der Waals surface area contributed by atoms with Crippen LogP contribution in [-0.4, -0.2) is 23.4 Å². The zero-order valence-corrected chi connectivity index (χ0v) is 6.73. The van der Waals surface area contributed by atoms with Crippen LogP contribution in [0.25, 0.3) is 0 Å². The Morgan fingerprint density at radius 3 is 2.33 bits per heavy atom. The molecule has 5 nitrogen and oxygen atoms in total. The highest BCUT2D eigenvalue weighted by atomic mass is 16.6. The summed E-state index contributed by atoms with van der Waals surface area (Å²) < 4.78 is 0. The van der Waals surface area contributed by atoms with Gasteiger partial charge >= 0.3 is 0 Å². The fraction of sp³-hybridized carbons (Fsp3) is 0.857. The van der Waals surface area contributed by atoms with Crippen LogP contribution in [0.4, 0.5) is 0 Å². The molecule has 0 atom stereocenters. The van der Waals surface area contributed by atoms with Gasteiger partial charge in [0.1, 0.15) is 0 Å². The predicted octanol–water partition coefficient (Wildman–Crippen LogP) is 0.320. The molecule has 0 saturated heterocycles. The van der Waals surface area contributed by atoms with E-state index in [1.807, 2.05) is 0 Å². The number of carbonyl (C=O) groups is 1. The molecule has 0 aromatic heterocycles. The molecule has 0 aromatic carbocycles. The Balaban J connectivity index is 2.29. The van der Waals surface area contributed by atoms with Gasteiger partial charge in [0.05, 0.1) is 0 Å². The summed E-state index contributed by atoms with van der Waals surface area (Å²) in [6.45, 7) is 0. The van der Waals surface area contributed by atoms with E-state index in [0.29, 0.717) is 19.3 Å². The van der Waals surface area contributed by atoms with Gasteiger partial charge in [-0.15, -0.1) is 0 Å². The lowest BCUT2D eigenvalue weighted by molar-refractivity contribution is -0.526. The number of carbonyl (C=O) groups excluding carboxylic acids is 1. The van der Waals surface area contributed by atoms with Crippen LogP contribution < -0.4 is 5.32 Å². The molecule has 0 spiro atoms. The van der Waals surface area contributed by atoms with Crippen molar-refractivity contribution in [2.75, 3.05) is 0 Å². The molecule has 0 heterocycles. The third-order valence-corrected chi connectivity index (χ3v) is 2.30.